The van der Waals surface area contributed by atoms with E-state index in [4.69, 9.17) is 16.0 Å². The lowest BCUT2D eigenvalue weighted by molar-refractivity contribution is 0.436. The quantitative estimate of drug-likeness (QED) is 0.689. The Balaban J connectivity index is 2.30. The highest BCUT2D eigenvalue weighted by Crippen LogP contribution is 2.38. The summed E-state index contributed by atoms with van der Waals surface area (Å²) in [5.41, 5.74) is 0. The maximum Gasteiger partial charge on any atom is 0.169 e. The van der Waals surface area contributed by atoms with Gasteiger partial charge in [-0.3, -0.25) is 0 Å². The second-order valence-electron chi connectivity index (χ2n) is 3.80. The molecule has 98 valence electrons. The summed E-state index contributed by atoms with van der Waals surface area (Å²) >= 11 is 14.4. The largest absolute Gasteiger partial charge is 0.452 e. The van der Waals surface area contributed by atoms with Crippen LogP contribution in [-0.4, -0.2) is 6.54 Å². The van der Waals surface area contributed by atoms with E-state index in [1.807, 2.05) is 18.2 Å². The predicted molar refractivity (Wildman–Crippen MR) is 83.6 cm³/mol. The van der Waals surface area contributed by atoms with E-state index >= 15 is 0 Å². The van der Waals surface area contributed by atoms with Crippen molar-refractivity contribution in [1.29, 1.82) is 0 Å². The molecule has 1 atom stereocenters. The van der Waals surface area contributed by atoms with Crippen LogP contribution in [0.4, 0.5) is 0 Å². The van der Waals surface area contributed by atoms with Gasteiger partial charge in [0.25, 0.3) is 0 Å². The molecule has 0 aliphatic heterocycles. The maximum atomic E-state index is 6.10. The van der Waals surface area contributed by atoms with Gasteiger partial charge in [0, 0.05) is 9.35 Å². The summed E-state index contributed by atoms with van der Waals surface area (Å²) in [6.45, 7) is 3.07. The number of thiophene rings is 1. The van der Waals surface area contributed by atoms with Gasteiger partial charge in [-0.2, -0.15) is 0 Å². The Morgan fingerprint density at radius 2 is 2.22 bits per heavy atom. The molecule has 0 amide bonds. The summed E-state index contributed by atoms with van der Waals surface area (Å²) in [5, 5.41) is 3.47. The smallest absolute Gasteiger partial charge is 0.169 e. The summed E-state index contributed by atoms with van der Waals surface area (Å²) in [5.74, 6) is 0.890. The lowest BCUT2D eigenvalue weighted by atomic mass is 10.2. The van der Waals surface area contributed by atoms with Crippen LogP contribution in [0.25, 0.3) is 0 Å². The van der Waals surface area contributed by atoms with Crippen molar-refractivity contribution in [3.8, 4) is 0 Å². The average molecular weight is 414 g/mol. The maximum absolute atomic E-state index is 6.10. The first-order valence-electron chi connectivity index (χ1n) is 5.55. The van der Waals surface area contributed by atoms with Crippen molar-refractivity contribution in [3.63, 3.8) is 0 Å². The highest BCUT2D eigenvalue weighted by Gasteiger charge is 2.20. The number of hydrogen-bond acceptors (Lipinski definition) is 3. The zero-order chi connectivity index (χ0) is 13.1. The third kappa shape index (κ3) is 3.39. The summed E-state index contributed by atoms with van der Waals surface area (Å²) in [4.78, 5) is 1.14. The molecular formula is C12H12Br2ClNOS. The SMILES string of the molecule is CCCNC(c1ccc(Br)o1)c1cc(Br)c(Cl)s1. The molecule has 18 heavy (non-hydrogen) atoms. The van der Waals surface area contributed by atoms with Crippen LogP contribution in [0.15, 0.2) is 31.8 Å². The van der Waals surface area contributed by atoms with E-state index in [1.54, 1.807) is 11.3 Å². The van der Waals surface area contributed by atoms with E-state index in [0.717, 1.165) is 37.1 Å². The normalized spacial score (nSPS) is 12.9. The Kier molecular flexibility index (Phi) is 5.33. The van der Waals surface area contributed by atoms with Gasteiger partial charge in [-0.1, -0.05) is 18.5 Å². The van der Waals surface area contributed by atoms with Crippen molar-refractivity contribution in [3.05, 3.63) is 42.3 Å². The zero-order valence-corrected chi connectivity index (χ0v) is 14.4. The average Bonchev–Trinajstić information content (AvgIpc) is 2.88. The van der Waals surface area contributed by atoms with E-state index in [9.17, 15) is 0 Å². The Labute approximate surface area is 132 Å². The predicted octanol–water partition coefficient (Wildman–Crippen LogP) is 5.61. The molecule has 0 radical (unpaired) electrons. The Morgan fingerprint density at radius 1 is 1.44 bits per heavy atom. The minimum absolute atomic E-state index is 0.0463. The zero-order valence-electron chi connectivity index (χ0n) is 9.67. The fourth-order valence-electron chi connectivity index (χ4n) is 1.62. The van der Waals surface area contributed by atoms with Crippen LogP contribution in [0.2, 0.25) is 4.34 Å². The number of hydrogen-bond donors (Lipinski definition) is 1. The second-order valence-corrected chi connectivity index (χ2v) is 7.12. The third-order valence-corrected chi connectivity index (χ3v) is 5.39. The van der Waals surface area contributed by atoms with E-state index in [2.05, 4.69) is 44.1 Å². The number of rotatable bonds is 5. The fourth-order valence-corrected chi connectivity index (χ4v) is 3.76. The molecule has 1 N–H and O–H groups in total. The van der Waals surface area contributed by atoms with Crippen molar-refractivity contribution >= 4 is 54.8 Å². The first-order valence-corrected chi connectivity index (χ1v) is 8.33. The molecule has 0 aromatic carbocycles. The van der Waals surface area contributed by atoms with Gasteiger partial charge >= 0.3 is 0 Å². The molecule has 2 rings (SSSR count). The molecule has 2 heterocycles. The lowest BCUT2D eigenvalue weighted by Gasteiger charge is -2.14. The van der Waals surface area contributed by atoms with Crippen molar-refractivity contribution in [2.75, 3.05) is 6.54 Å². The molecule has 0 fully saturated rings. The topological polar surface area (TPSA) is 25.2 Å². The Morgan fingerprint density at radius 3 is 2.72 bits per heavy atom. The molecule has 0 bridgehead atoms. The van der Waals surface area contributed by atoms with Crippen LogP contribution in [0.1, 0.15) is 30.0 Å². The lowest BCUT2D eigenvalue weighted by Crippen LogP contribution is -2.21. The molecule has 2 nitrogen and oxygen atoms in total. The second kappa shape index (κ2) is 6.57. The van der Waals surface area contributed by atoms with Crippen LogP contribution in [0, 0.1) is 0 Å². The summed E-state index contributed by atoms with van der Waals surface area (Å²) in [6, 6.07) is 5.96. The van der Waals surface area contributed by atoms with Gasteiger partial charge < -0.3 is 9.73 Å². The number of halogens is 3. The van der Waals surface area contributed by atoms with Crippen LogP contribution >= 0.6 is 54.8 Å². The molecule has 0 aliphatic rings. The molecule has 2 aromatic heterocycles. The van der Waals surface area contributed by atoms with E-state index in [-0.39, 0.29) is 6.04 Å². The van der Waals surface area contributed by atoms with Crippen molar-refractivity contribution < 1.29 is 4.42 Å². The molecular weight excluding hydrogens is 401 g/mol. The van der Waals surface area contributed by atoms with Gasteiger partial charge in [-0.05, 0) is 63.0 Å². The van der Waals surface area contributed by atoms with Crippen LogP contribution < -0.4 is 5.32 Å². The Hall–Kier alpha value is 0.190. The minimum atomic E-state index is 0.0463. The molecule has 1 unspecified atom stereocenters. The molecule has 0 saturated heterocycles. The summed E-state index contributed by atoms with van der Waals surface area (Å²) in [6.07, 6.45) is 1.07. The molecule has 2 aromatic rings. The first kappa shape index (κ1) is 14.6. The van der Waals surface area contributed by atoms with Gasteiger partial charge in [-0.25, -0.2) is 0 Å². The monoisotopic (exact) mass is 411 g/mol. The van der Waals surface area contributed by atoms with Crippen molar-refractivity contribution in [2.24, 2.45) is 0 Å². The van der Waals surface area contributed by atoms with Crippen molar-refractivity contribution in [1.82, 2.24) is 5.32 Å². The first-order chi connectivity index (χ1) is 8.61. The highest BCUT2D eigenvalue weighted by molar-refractivity contribution is 9.10. The molecule has 0 saturated carbocycles. The van der Waals surface area contributed by atoms with E-state index in [0.29, 0.717) is 0 Å². The van der Waals surface area contributed by atoms with E-state index < -0.39 is 0 Å². The molecule has 0 aliphatic carbocycles. The number of furan rings is 1. The summed E-state index contributed by atoms with van der Waals surface area (Å²) < 4.78 is 8.08. The fraction of sp³-hybridized carbons (Fsp3) is 0.333. The van der Waals surface area contributed by atoms with Crippen molar-refractivity contribution in [2.45, 2.75) is 19.4 Å². The molecule has 0 spiro atoms. The van der Waals surface area contributed by atoms with Crippen LogP contribution in [-0.2, 0) is 0 Å². The van der Waals surface area contributed by atoms with Crippen LogP contribution in [0.3, 0.4) is 0 Å². The van der Waals surface area contributed by atoms with Gasteiger partial charge in [0.1, 0.15) is 16.1 Å². The standard InChI is InChI=1S/C12H12Br2ClNOS/c1-2-5-16-11(8-3-4-10(14)17-8)9-6-7(13)12(15)18-9/h3-4,6,11,16H,2,5H2,1H3. The third-order valence-electron chi connectivity index (χ3n) is 2.43. The number of nitrogens with one attached hydrogen (secondary N) is 1. The van der Waals surface area contributed by atoms with Gasteiger partial charge in [0.15, 0.2) is 4.67 Å². The van der Waals surface area contributed by atoms with Gasteiger partial charge in [0.2, 0.25) is 0 Å². The minimum Gasteiger partial charge on any atom is -0.452 e. The van der Waals surface area contributed by atoms with E-state index in [1.165, 1.54) is 0 Å². The summed E-state index contributed by atoms with van der Waals surface area (Å²) in [7, 11) is 0. The molecule has 6 heteroatoms. The van der Waals surface area contributed by atoms with Crippen LogP contribution in [0.5, 0.6) is 0 Å². The highest BCUT2D eigenvalue weighted by atomic mass is 79.9. The van der Waals surface area contributed by atoms with Gasteiger partial charge in [0.05, 0.1) is 0 Å². The Bertz CT molecular complexity index is 506. The van der Waals surface area contributed by atoms with Gasteiger partial charge in [-0.15, -0.1) is 11.3 Å².